The maximum Gasteiger partial charge on any atom is 0.0902 e. The van der Waals surface area contributed by atoms with E-state index in [4.69, 9.17) is 4.98 Å². The fourth-order valence-electron chi connectivity index (χ4n) is 9.40. The number of pyridine rings is 1. The van der Waals surface area contributed by atoms with Gasteiger partial charge in [0.05, 0.1) is 15.9 Å². The van der Waals surface area contributed by atoms with Gasteiger partial charge in [-0.1, -0.05) is 135 Å². The topological polar surface area (TPSA) is 16.1 Å². The summed E-state index contributed by atoms with van der Waals surface area (Å²) in [6.45, 7) is 4.79. The highest BCUT2D eigenvalue weighted by Crippen LogP contribution is 2.53. The van der Waals surface area contributed by atoms with Crippen molar-refractivity contribution in [3.05, 3.63) is 205 Å². The van der Waals surface area contributed by atoms with Gasteiger partial charge in [-0.2, -0.15) is 0 Å². The van der Waals surface area contributed by atoms with Gasteiger partial charge in [-0.05, 0) is 112 Å². The molecule has 0 radical (unpaired) electrons. The predicted molar refractivity (Wildman–Crippen MR) is 259 cm³/mol. The molecule has 0 amide bonds. The molecule has 0 saturated carbocycles. The van der Waals surface area contributed by atoms with E-state index in [0.717, 1.165) is 33.8 Å². The number of nitrogens with zero attached hydrogens (tertiary/aromatic N) is 2. The first-order valence-electron chi connectivity index (χ1n) is 20.5. The number of benzene rings is 8. The molecule has 3 aromatic heterocycles. The second-order valence-corrected chi connectivity index (χ2v) is 18.5. The summed E-state index contributed by atoms with van der Waals surface area (Å²) in [5, 5.41) is 3.90. The number of rotatable bonds is 6. The Balaban J connectivity index is 0.965. The molecule has 1 aliphatic rings. The van der Waals surface area contributed by atoms with Crippen molar-refractivity contribution in [3.63, 3.8) is 0 Å². The fourth-order valence-corrected chi connectivity index (χ4v) is 11.7. The first kappa shape index (κ1) is 35.1. The normalized spacial score (nSPS) is 13.0. The van der Waals surface area contributed by atoms with Crippen LogP contribution in [-0.2, 0) is 5.41 Å². The molecule has 0 fully saturated rings. The van der Waals surface area contributed by atoms with E-state index >= 15 is 0 Å². The van der Waals surface area contributed by atoms with Gasteiger partial charge in [0.2, 0.25) is 0 Å². The smallest absolute Gasteiger partial charge is 0.0902 e. The Morgan fingerprint density at radius 3 is 1.70 bits per heavy atom. The molecule has 0 spiro atoms. The zero-order valence-electron chi connectivity index (χ0n) is 33.2. The summed E-state index contributed by atoms with van der Waals surface area (Å²) in [5.41, 5.74) is 16.7. The van der Waals surface area contributed by atoms with Gasteiger partial charge < -0.3 is 4.90 Å². The molecule has 0 unspecified atom stereocenters. The molecule has 0 aliphatic heterocycles. The Morgan fingerprint density at radius 1 is 0.400 bits per heavy atom. The van der Waals surface area contributed by atoms with E-state index in [2.05, 4.69) is 213 Å². The second kappa shape index (κ2) is 13.6. The van der Waals surface area contributed by atoms with Crippen LogP contribution in [0.1, 0.15) is 25.0 Å². The van der Waals surface area contributed by atoms with Gasteiger partial charge in [0, 0.05) is 63.9 Å². The van der Waals surface area contributed by atoms with Crippen LogP contribution in [0.25, 0.3) is 85.1 Å². The summed E-state index contributed by atoms with van der Waals surface area (Å²) in [6, 6.07) is 70.9. The number of fused-ring (bicyclic) bond motifs is 9. The Labute approximate surface area is 357 Å². The van der Waals surface area contributed by atoms with Gasteiger partial charge in [0.15, 0.2) is 0 Å². The first-order chi connectivity index (χ1) is 29.5. The van der Waals surface area contributed by atoms with Crippen molar-refractivity contribution in [2.75, 3.05) is 4.90 Å². The van der Waals surface area contributed by atoms with Gasteiger partial charge in [-0.25, -0.2) is 4.98 Å². The van der Waals surface area contributed by atoms with Gasteiger partial charge in [0.1, 0.15) is 0 Å². The summed E-state index contributed by atoms with van der Waals surface area (Å²) in [7, 11) is 0. The van der Waals surface area contributed by atoms with E-state index < -0.39 is 0 Å². The molecule has 284 valence electrons. The number of thiophene rings is 2. The highest BCUT2D eigenvalue weighted by atomic mass is 32.1. The molecule has 0 saturated heterocycles. The minimum Gasteiger partial charge on any atom is -0.311 e. The van der Waals surface area contributed by atoms with Crippen molar-refractivity contribution < 1.29 is 0 Å². The van der Waals surface area contributed by atoms with Crippen LogP contribution >= 0.6 is 22.7 Å². The minimum absolute atomic E-state index is 0.136. The number of hydrogen-bond acceptors (Lipinski definition) is 4. The standard InChI is InChI=1S/C56H38N2S2/c1-56(2)48-31-38(25-30-42(48)46-32-47-43-17-9-11-19-51(43)59-53(47)34-49(46)56)45-33-50(57-54-44-18-10-12-20-52(44)60-55(45)54)37-23-28-41(29-24-37)58(39-15-7-4-8-16-39)40-26-21-36(22-27-40)35-13-5-3-6-14-35/h3-34H,1-2H3. The summed E-state index contributed by atoms with van der Waals surface area (Å²) in [6.07, 6.45) is 0. The first-order valence-corrected chi connectivity index (χ1v) is 22.2. The lowest BCUT2D eigenvalue weighted by Gasteiger charge is -2.26. The lowest BCUT2D eigenvalue weighted by atomic mass is 9.81. The van der Waals surface area contributed by atoms with Crippen molar-refractivity contribution >= 4 is 80.2 Å². The molecule has 3 heterocycles. The molecule has 8 aromatic carbocycles. The van der Waals surface area contributed by atoms with Crippen LogP contribution in [0, 0.1) is 0 Å². The van der Waals surface area contributed by atoms with E-state index in [1.165, 1.54) is 79.5 Å². The molecule has 0 N–H and O–H groups in total. The molecule has 12 rings (SSSR count). The van der Waals surface area contributed by atoms with Gasteiger partial charge >= 0.3 is 0 Å². The SMILES string of the molecule is CC1(C)c2cc(-c3cc(-c4ccc(N(c5ccccc5)c5ccc(-c6ccccc6)cc5)cc4)nc4c3sc3ccccc34)ccc2-c2cc3c(cc21)sc1ccccc13. The third-order valence-corrected chi connectivity index (χ3v) is 14.8. The van der Waals surface area contributed by atoms with Crippen molar-refractivity contribution in [3.8, 4) is 44.6 Å². The number of anilines is 3. The van der Waals surface area contributed by atoms with Crippen molar-refractivity contribution in [2.24, 2.45) is 0 Å². The summed E-state index contributed by atoms with van der Waals surface area (Å²) in [5.74, 6) is 0. The second-order valence-electron chi connectivity index (χ2n) is 16.3. The minimum atomic E-state index is -0.136. The van der Waals surface area contributed by atoms with Gasteiger partial charge in [-0.3, -0.25) is 0 Å². The summed E-state index contributed by atoms with van der Waals surface area (Å²) in [4.78, 5) is 7.75. The molecular weight excluding hydrogens is 765 g/mol. The molecule has 0 atom stereocenters. The quantitative estimate of drug-likeness (QED) is 0.166. The van der Waals surface area contributed by atoms with Gasteiger partial charge in [0.25, 0.3) is 0 Å². The van der Waals surface area contributed by atoms with Crippen LogP contribution in [0.15, 0.2) is 194 Å². The Morgan fingerprint density at radius 2 is 0.967 bits per heavy atom. The lowest BCUT2D eigenvalue weighted by Crippen LogP contribution is -2.15. The summed E-state index contributed by atoms with van der Waals surface area (Å²) >= 11 is 3.75. The van der Waals surface area contributed by atoms with Gasteiger partial charge in [-0.15, -0.1) is 22.7 Å². The van der Waals surface area contributed by atoms with Crippen molar-refractivity contribution in [1.82, 2.24) is 4.98 Å². The van der Waals surface area contributed by atoms with Crippen LogP contribution in [0.2, 0.25) is 0 Å². The van der Waals surface area contributed by atoms with E-state index in [1.54, 1.807) is 0 Å². The number of hydrogen-bond donors (Lipinski definition) is 0. The van der Waals surface area contributed by atoms with E-state index in [1.807, 2.05) is 22.7 Å². The maximum absolute atomic E-state index is 5.43. The molecule has 2 nitrogen and oxygen atoms in total. The fraction of sp³-hybridized carbons (Fsp3) is 0.0536. The Kier molecular flexibility index (Phi) is 7.96. The Hall–Kier alpha value is -6.85. The largest absolute Gasteiger partial charge is 0.311 e. The zero-order valence-corrected chi connectivity index (χ0v) is 34.8. The molecular formula is C56H38N2S2. The monoisotopic (exact) mass is 802 g/mol. The Bertz CT molecular complexity index is 3430. The van der Waals surface area contributed by atoms with Crippen molar-refractivity contribution in [1.29, 1.82) is 0 Å². The summed E-state index contributed by atoms with van der Waals surface area (Å²) < 4.78 is 5.20. The van der Waals surface area contributed by atoms with Crippen LogP contribution in [0.5, 0.6) is 0 Å². The van der Waals surface area contributed by atoms with Crippen LogP contribution in [0.3, 0.4) is 0 Å². The van der Waals surface area contributed by atoms with Crippen LogP contribution in [-0.4, -0.2) is 4.98 Å². The molecule has 0 bridgehead atoms. The lowest BCUT2D eigenvalue weighted by molar-refractivity contribution is 0.661. The molecule has 1 aliphatic carbocycles. The average molecular weight is 803 g/mol. The maximum atomic E-state index is 5.43. The number of para-hydroxylation sites is 1. The van der Waals surface area contributed by atoms with Crippen molar-refractivity contribution in [2.45, 2.75) is 19.3 Å². The average Bonchev–Trinajstić information content (AvgIpc) is 3.93. The van der Waals surface area contributed by atoms with E-state index in [9.17, 15) is 0 Å². The molecule has 60 heavy (non-hydrogen) atoms. The van der Waals surface area contributed by atoms with Crippen LogP contribution < -0.4 is 4.90 Å². The highest BCUT2D eigenvalue weighted by molar-refractivity contribution is 7.26. The third kappa shape index (κ3) is 5.56. The molecule has 11 aromatic rings. The van der Waals surface area contributed by atoms with E-state index in [0.29, 0.717) is 0 Å². The zero-order chi connectivity index (χ0) is 40.0. The number of aromatic nitrogens is 1. The van der Waals surface area contributed by atoms with E-state index in [-0.39, 0.29) is 5.41 Å². The predicted octanol–water partition coefficient (Wildman–Crippen LogP) is 16.6. The molecule has 4 heteroatoms. The van der Waals surface area contributed by atoms with Crippen LogP contribution in [0.4, 0.5) is 17.1 Å². The highest BCUT2D eigenvalue weighted by Gasteiger charge is 2.36. The third-order valence-electron chi connectivity index (χ3n) is 12.5.